The number of hydrogen-bond donors (Lipinski definition) is 2. The lowest BCUT2D eigenvalue weighted by molar-refractivity contribution is 1.09. The van der Waals surface area contributed by atoms with Gasteiger partial charge in [0.15, 0.2) is 0 Å². The highest BCUT2D eigenvalue weighted by Gasteiger charge is 2.08. The fourth-order valence-corrected chi connectivity index (χ4v) is 2.16. The van der Waals surface area contributed by atoms with E-state index in [0.717, 1.165) is 40.1 Å². The van der Waals surface area contributed by atoms with Crippen molar-refractivity contribution < 1.29 is 0 Å². The molecular formula is C18H24N4. The molecule has 0 aliphatic rings. The molecule has 0 saturated carbocycles. The Labute approximate surface area is 132 Å². The number of anilines is 1. The standard InChI is InChI=1S/C18H24N4/c1-13(8-6-7-11-19-3)14(2)18-20-16-10-9-15(22(4)5)12-17(16)21-18/h7-12,19H,2,6H2,1,3-5H3,(H,20,21)/b11-7+,13-8?. The van der Waals surface area contributed by atoms with Gasteiger partial charge in [0.25, 0.3) is 0 Å². The molecular weight excluding hydrogens is 272 g/mol. The van der Waals surface area contributed by atoms with Crippen LogP contribution in [0.4, 0.5) is 5.69 Å². The monoisotopic (exact) mass is 296 g/mol. The maximum absolute atomic E-state index is 4.67. The van der Waals surface area contributed by atoms with Gasteiger partial charge in [-0.2, -0.15) is 0 Å². The van der Waals surface area contributed by atoms with Crippen molar-refractivity contribution in [1.29, 1.82) is 0 Å². The summed E-state index contributed by atoms with van der Waals surface area (Å²) in [5.41, 5.74) is 5.20. The quantitative estimate of drug-likeness (QED) is 0.799. The number of aromatic amines is 1. The summed E-state index contributed by atoms with van der Waals surface area (Å²) in [6, 6.07) is 6.22. The van der Waals surface area contributed by atoms with Gasteiger partial charge in [-0.3, -0.25) is 0 Å². The van der Waals surface area contributed by atoms with Crippen LogP contribution in [0.25, 0.3) is 16.6 Å². The molecule has 4 nitrogen and oxygen atoms in total. The normalized spacial score (nSPS) is 12.1. The molecule has 1 heterocycles. The van der Waals surface area contributed by atoms with Crippen molar-refractivity contribution in [2.75, 3.05) is 26.0 Å². The molecule has 0 fully saturated rings. The minimum atomic E-state index is 0.831. The molecule has 0 aliphatic carbocycles. The van der Waals surface area contributed by atoms with E-state index < -0.39 is 0 Å². The van der Waals surface area contributed by atoms with Gasteiger partial charge in [-0.15, -0.1) is 0 Å². The highest BCUT2D eigenvalue weighted by molar-refractivity contribution is 5.84. The number of allylic oxidation sites excluding steroid dienone is 4. The predicted molar refractivity (Wildman–Crippen MR) is 96.0 cm³/mol. The first-order valence-corrected chi connectivity index (χ1v) is 7.38. The number of imidazole rings is 1. The van der Waals surface area contributed by atoms with Gasteiger partial charge >= 0.3 is 0 Å². The van der Waals surface area contributed by atoms with E-state index in [4.69, 9.17) is 0 Å². The van der Waals surface area contributed by atoms with Crippen LogP contribution in [-0.2, 0) is 0 Å². The Kier molecular flexibility index (Phi) is 5.04. The number of nitrogens with one attached hydrogen (secondary N) is 2. The molecule has 0 aliphatic heterocycles. The number of hydrogen-bond acceptors (Lipinski definition) is 3. The molecule has 0 saturated heterocycles. The lowest BCUT2D eigenvalue weighted by atomic mass is 10.1. The molecule has 2 aromatic rings. The molecule has 1 aromatic carbocycles. The van der Waals surface area contributed by atoms with Crippen molar-refractivity contribution in [3.05, 3.63) is 54.5 Å². The van der Waals surface area contributed by atoms with Crippen LogP contribution in [-0.4, -0.2) is 31.1 Å². The van der Waals surface area contributed by atoms with Crippen LogP contribution in [0.1, 0.15) is 19.2 Å². The summed E-state index contributed by atoms with van der Waals surface area (Å²) in [6.45, 7) is 6.23. The summed E-state index contributed by atoms with van der Waals surface area (Å²) in [6.07, 6.45) is 7.01. The van der Waals surface area contributed by atoms with Crippen LogP contribution in [0.3, 0.4) is 0 Å². The van der Waals surface area contributed by atoms with Gasteiger partial charge in [-0.05, 0) is 43.3 Å². The zero-order valence-electron chi connectivity index (χ0n) is 13.8. The zero-order valence-corrected chi connectivity index (χ0v) is 13.8. The maximum atomic E-state index is 4.67. The molecule has 0 atom stereocenters. The summed E-state index contributed by atoms with van der Waals surface area (Å²) in [5.74, 6) is 0.831. The Morgan fingerprint density at radius 2 is 2.18 bits per heavy atom. The van der Waals surface area contributed by atoms with Crippen LogP contribution < -0.4 is 10.2 Å². The molecule has 0 radical (unpaired) electrons. The summed E-state index contributed by atoms with van der Waals surface area (Å²) in [5, 5.41) is 2.98. The number of rotatable bonds is 6. The second-order valence-electron chi connectivity index (χ2n) is 5.47. The Bertz CT molecular complexity index is 720. The van der Waals surface area contributed by atoms with Crippen molar-refractivity contribution in [3.63, 3.8) is 0 Å². The lowest BCUT2D eigenvalue weighted by Gasteiger charge is -2.11. The first-order chi connectivity index (χ1) is 10.5. The molecule has 2 N–H and O–H groups in total. The first-order valence-electron chi connectivity index (χ1n) is 7.38. The molecule has 0 spiro atoms. The van der Waals surface area contributed by atoms with Gasteiger partial charge in [0, 0.05) is 32.4 Å². The van der Waals surface area contributed by atoms with Gasteiger partial charge < -0.3 is 15.2 Å². The fraction of sp³-hybridized carbons (Fsp3) is 0.278. The zero-order chi connectivity index (χ0) is 16.1. The second kappa shape index (κ2) is 6.98. The van der Waals surface area contributed by atoms with Gasteiger partial charge in [0.05, 0.1) is 11.0 Å². The molecule has 116 valence electrons. The predicted octanol–water partition coefficient (Wildman–Crippen LogP) is 3.71. The van der Waals surface area contributed by atoms with Crippen molar-refractivity contribution in [3.8, 4) is 0 Å². The van der Waals surface area contributed by atoms with E-state index >= 15 is 0 Å². The summed E-state index contributed by atoms with van der Waals surface area (Å²) < 4.78 is 0. The van der Waals surface area contributed by atoms with E-state index in [-0.39, 0.29) is 0 Å². The summed E-state index contributed by atoms with van der Waals surface area (Å²) in [4.78, 5) is 10.1. The van der Waals surface area contributed by atoms with Crippen molar-refractivity contribution >= 4 is 22.3 Å². The van der Waals surface area contributed by atoms with Gasteiger partial charge in [-0.25, -0.2) is 4.98 Å². The lowest BCUT2D eigenvalue weighted by Crippen LogP contribution is -2.07. The van der Waals surface area contributed by atoms with Crippen LogP contribution in [0, 0.1) is 0 Å². The molecule has 0 bridgehead atoms. The largest absolute Gasteiger partial charge is 0.394 e. The van der Waals surface area contributed by atoms with Crippen molar-refractivity contribution in [2.45, 2.75) is 13.3 Å². The van der Waals surface area contributed by atoms with Gasteiger partial charge in [0.2, 0.25) is 0 Å². The summed E-state index contributed by atoms with van der Waals surface area (Å²) >= 11 is 0. The average Bonchev–Trinajstić information content (AvgIpc) is 2.93. The maximum Gasteiger partial charge on any atom is 0.138 e. The molecule has 1 aromatic heterocycles. The number of fused-ring (bicyclic) bond motifs is 1. The van der Waals surface area contributed by atoms with E-state index in [1.165, 1.54) is 0 Å². The average molecular weight is 296 g/mol. The molecule has 0 unspecified atom stereocenters. The third kappa shape index (κ3) is 3.58. The topological polar surface area (TPSA) is 44.0 Å². The number of H-pyrrole nitrogens is 1. The third-order valence-electron chi connectivity index (χ3n) is 3.59. The Balaban J connectivity index is 2.23. The number of nitrogens with zero attached hydrogens (tertiary/aromatic N) is 2. The molecule has 22 heavy (non-hydrogen) atoms. The highest BCUT2D eigenvalue weighted by Crippen LogP contribution is 2.24. The number of benzene rings is 1. The smallest absolute Gasteiger partial charge is 0.138 e. The SMILES string of the molecule is C=C(C(C)=CC/C=C/NC)c1nc2cc(N(C)C)ccc2[nH]1. The fourth-order valence-electron chi connectivity index (χ4n) is 2.16. The minimum absolute atomic E-state index is 0.831. The van der Waals surface area contributed by atoms with Crippen LogP contribution in [0.2, 0.25) is 0 Å². The van der Waals surface area contributed by atoms with Crippen molar-refractivity contribution in [2.24, 2.45) is 0 Å². The second-order valence-corrected chi connectivity index (χ2v) is 5.47. The van der Waals surface area contributed by atoms with Crippen LogP contribution in [0.5, 0.6) is 0 Å². The van der Waals surface area contributed by atoms with E-state index in [0.29, 0.717) is 0 Å². The van der Waals surface area contributed by atoms with Crippen molar-refractivity contribution in [1.82, 2.24) is 15.3 Å². The minimum Gasteiger partial charge on any atom is -0.394 e. The highest BCUT2D eigenvalue weighted by atomic mass is 15.1. The van der Waals surface area contributed by atoms with E-state index in [1.807, 2.05) is 27.3 Å². The third-order valence-corrected chi connectivity index (χ3v) is 3.59. The molecule has 4 heteroatoms. The molecule has 0 amide bonds. The van der Waals surface area contributed by atoms with Gasteiger partial charge in [0.1, 0.15) is 5.82 Å². The van der Waals surface area contributed by atoms with E-state index in [1.54, 1.807) is 0 Å². The van der Waals surface area contributed by atoms with E-state index in [9.17, 15) is 0 Å². The van der Waals surface area contributed by atoms with E-state index in [2.05, 4.69) is 64.0 Å². The first kappa shape index (κ1) is 15.9. The Morgan fingerprint density at radius 3 is 2.86 bits per heavy atom. The van der Waals surface area contributed by atoms with Crippen LogP contribution in [0.15, 0.2) is 48.7 Å². The number of aromatic nitrogens is 2. The summed E-state index contributed by atoms with van der Waals surface area (Å²) in [7, 11) is 5.95. The Hall–Kier alpha value is -2.49. The Morgan fingerprint density at radius 1 is 1.41 bits per heavy atom. The molecule has 2 rings (SSSR count). The van der Waals surface area contributed by atoms with Gasteiger partial charge in [-0.1, -0.05) is 18.7 Å². The van der Waals surface area contributed by atoms with Crippen LogP contribution >= 0.6 is 0 Å².